The molecule has 2 unspecified atom stereocenters. The largest absolute Gasteiger partial charge is 0.394 e. The zero-order valence-corrected chi connectivity index (χ0v) is 28.5. The molecule has 2 atom stereocenters. The van der Waals surface area contributed by atoms with Gasteiger partial charge in [-0.2, -0.15) is 0 Å². The minimum Gasteiger partial charge on any atom is -0.394 e. The predicted octanol–water partition coefficient (Wildman–Crippen LogP) is 10.8. The minimum absolute atomic E-state index is 0.0875. The van der Waals surface area contributed by atoms with Gasteiger partial charge in [0.15, 0.2) is 0 Å². The van der Waals surface area contributed by atoms with Crippen LogP contribution in [0.3, 0.4) is 0 Å². The Labute approximate surface area is 267 Å². The Kier molecular flexibility index (Phi) is 33.5. The molecule has 4 nitrogen and oxygen atoms in total. The van der Waals surface area contributed by atoms with Crippen molar-refractivity contribution in [2.24, 2.45) is 0 Å². The van der Waals surface area contributed by atoms with Crippen LogP contribution in [0.15, 0.2) is 48.6 Å². The highest BCUT2D eigenvalue weighted by molar-refractivity contribution is 5.76. The normalized spacial score (nSPS) is 13.7. The van der Waals surface area contributed by atoms with E-state index in [1.54, 1.807) is 6.08 Å². The molecule has 43 heavy (non-hydrogen) atoms. The first-order valence-electron chi connectivity index (χ1n) is 18.3. The highest BCUT2D eigenvalue weighted by Gasteiger charge is 2.17. The van der Waals surface area contributed by atoms with Crippen molar-refractivity contribution in [2.45, 2.75) is 187 Å². The van der Waals surface area contributed by atoms with Crippen molar-refractivity contribution in [1.82, 2.24) is 5.32 Å². The molecule has 0 aromatic heterocycles. The monoisotopic (exact) mass is 602 g/mol. The molecule has 0 saturated heterocycles. The highest BCUT2D eigenvalue weighted by atomic mass is 16.3. The number of hydrogen-bond acceptors (Lipinski definition) is 3. The average molecular weight is 602 g/mol. The molecule has 250 valence electrons. The number of carbonyl (C=O) groups excluding carboxylic acids is 1. The SMILES string of the molecule is C/C=C/CC/C=C/CC/C=C/C(O)C(CO)NC(=O)CCCCCCCCC/C=C\CCCCCCCCCCCCC. The maximum Gasteiger partial charge on any atom is 0.220 e. The molecule has 3 N–H and O–H groups in total. The highest BCUT2D eigenvalue weighted by Crippen LogP contribution is 2.13. The van der Waals surface area contributed by atoms with E-state index in [0.717, 1.165) is 38.5 Å². The number of nitrogens with one attached hydrogen (secondary N) is 1. The van der Waals surface area contributed by atoms with Gasteiger partial charge in [0.05, 0.1) is 18.8 Å². The number of hydrogen-bond donors (Lipinski definition) is 3. The maximum atomic E-state index is 12.3. The lowest BCUT2D eigenvalue weighted by molar-refractivity contribution is -0.123. The summed E-state index contributed by atoms with van der Waals surface area (Å²) in [6.45, 7) is 4.05. The number of carbonyl (C=O) groups is 1. The Morgan fingerprint density at radius 3 is 1.49 bits per heavy atom. The van der Waals surface area contributed by atoms with Crippen LogP contribution in [0, 0.1) is 0 Å². The third kappa shape index (κ3) is 31.6. The maximum absolute atomic E-state index is 12.3. The predicted molar refractivity (Wildman–Crippen MR) is 188 cm³/mol. The molecular weight excluding hydrogens is 530 g/mol. The molecular formula is C39H71NO3. The van der Waals surface area contributed by atoms with Crippen LogP contribution in [-0.4, -0.2) is 34.9 Å². The Morgan fingerprint density at radius 1 is 0.581 bits per heavy atom. The van der Waals surface area contributed by atoms with Crippen molar-refractivity contribution in [3.63, 3.8) is 0 Å². The van der Waals surface area contributed by atoms with Crippen molar-refractivity contribution in [3.8, 4) is 0 Å². The number of aliphatic hydroxyl groups is 2. The second-order valence-corrected chi connectivity index (χ2v) is 12.3. The number of amides is 1. The Balaban J connectivity index is 3.57. The van der Waals surface area contributed by atoms with E-state index in [9.17, 15) is 15.0 Å². The fourth-order valence-corrected chi connectivity index (χ4v) is 5.27. The van der Waals surface area contributed by atoms with Gasteiger partial charge < -0.3 is 15.5 Å². The molecule has 0 radical (unpaired) electrons. The Bertz CT molecular complexity index is 697. The summed E-state index contributed by atoms with van der Waals surface area (Å²) in [5, 5.41) is 22.7. The second kappa shape index (κ2) is 34.8. The average Bonchev–Trinajstić information content (AvgIpc) is 3.01. The van der Waals surface area contributed by atoms with Gasteiger partial charge in [-0.25, -0.2) is 0 Å². The van der Waals surface area contributed by atoms with Crippen molar-refractivity contribution in [3.05, 3.63) is 48.6 Å². The van der Waals surface area contributed by atoms with E-state index in [1.165, 1.54) is 116 Å². The smallest absolute Gasteiger partial charge is 0.220 e. The standard InChI is InChI=1S/C39H71NO3/c1-3-5-7-9-11-13-14-15-16-17-18-19-20-21-22-23-24-25-27-29-31-33-35-39(43)40-37(36-41)38(42)34-32-30-28-26-12-10-8-6-4-2/h4,6,12,20-21,26,32,34,37-38,41-42H,3,5,7-11,13-19,22-25,27-31,33,35-36H2,1-2H3,(H,40,43)/b6-4+,21-20-,26-12+,34-32+. The summed E-state index contributed by atoms with van der Waals surface area (Å²) in [6.07, 6.45) is 46.5. The molecule has 0 fully saturated rings. The van der Waals surface area contributed by atoms with Gasteiger partial charge in [0.2, 0.25) is 5.91 Å². The van der Waals surface area contributed by atoms with Crippen LogP contribution in [0.25, 0.3) is 0 Å². The zero-order chi connectivity index (χ0) is 31.5. The molecule has 0 aliphatic carbocycles. The van der Waals surface area contributed by atoms with Crippen molar-refractivity contribution >= 4 is 5.91 Å². The molecule has 0 aromatic rings. The number of allylic oxidation sites excluding steroid dienone is 7. The molecule has 0 heterocycles. The van der Waals surface area contributed by atoms with Gasteiger partial charge in [-0.3, -0.25) is 4.79 Å². The third-order valence-electron chi connectivity index (χ3n) is 8.11. The van der Waals surface area contributed by atoms with E-state index in [4.69, 9.17) is 0 Å². The zero-order valence-electron chi connectivity index (χ0n) is 28.5. The summed E-state index contributed by atoms with van der Waals surface area (Å²) in [4.78, 5) is 12.3. The lowest BCUT2D eigenvalue weighted by Gasteiger charge is -2.19. The van der Waals surface area contributed by atoms with Gasteiger partial charge in [-0.05, 0) is 64.7 Å². The first kappa shape index (κ1) is 41.4. The van der Waals surface area contributed by atoms with Crippen LogP contribution in [0.5, 0.6) is 0 Å². The van der Waals surface area contributed by atoms with E-state index in [0.29, 0.717) is 6.42 Å². The minimum atomic E-state index is -0.869. The van der Waals surface area contributed by atoms with Gasteiger partial charge in [0.25, 0.3) is 0 Å². The molecule has 0 bridgehead atoms. The van der Waals surface area contributed by atoms with Crippen LogP contribution < -0.4 is 5.32 Å². The van der Waals surface area contributed by atoms with Crippen molar-refractivity contribution in [2.75, 3.05) is 6.61 Å². The fraction of sp³-hybridized carbons (Fsp3) is 0.769. The lowest BCUT2D eigenvalue weighted by Crippen LogP contribution is -2.45. The summed E-state index contributed by atoms with van der Waals surface area (Å²) >= 11 is 0. The number of aliphatic hydroxyl groups excluding tert-OH is 2. The molecule has 0 aromatic carbocycles. The van der Waals surface area contributed by atoms with Crippen LogP contribution in [0.4, 0.5) is 0 Å². The summed E-state index contributed by atoms with van der Waals surface area (Å²) in [6, 6.07) is -0.645. The van der Waals surface area contributed by atoms with E-state index >= 15 is 0 Å². The van der Waals surface area contributed by atoms with Gasteiger partial charge in [0, 0.05) is 6.42 Å². The molecule has 1 amide bonds. The third-order valence-corrected chi connectivity index (χ3v) is 8.11. The van der Waals surface area contributed by atoms with E-state index in [2.05, 4.69) is 48.7 Å². The van der Waals surface area contributed by atoms with Crippen LogP contribution in [-0.2, 0) is 4.79 Å². The van der Waals surface area contributed by atoms with Crippen molar-refractivity contribution in [1.29, 1.82) is 0 Å². The Morgan fingerprint density at radius 2 is 1.00 bits per heavy atom. The Hall–Kier alpha value is -1.65. The number of unbranched alkanes of at least 4 members (excludes halogenated alkanes) is 20. The van der Waals surface area contributed by atoms with Crippen LogP contribution in [0.2, 0.25) is 0 Å². The summed E-state index contributed by atoms with van der Waals surface area (Å²) in [7, 11) is 0. The molecule has 0 rings (SSSR count). The van der Waals surface area contributed by atoms with E-state index < -0.39 is 12.1 Å². The first-order chi connectivity index (χ1) is 21.2. The summed E-state index contributed by atoms with van der Waals surface area (Å²) in [5.41, 5.74) is 0. The van der Waals surface area contributed by atoms with Gasteiger partial charge >= 0.3 is 0 Å². The quantitative estimate of drug-likeness (QED) is 0.0530. The molecule has 0 aliphatic rings. The fourth-order valence-electron chi connectivity index (χ4n) is 5.27. The topological polar surface area (TPSA) is 69.6 Å². The summed E-state index contributed by atoms with van der Waals surface area (Å²) < 4.78 is 0. The van der Waals surface area contributed by atoms with E-state index in [1.807, 2.05) is 13.0 Å². The van der Waals surface area contributed by atoms with Gasteiger partial charge in [-0.1, -0.05) is 152 Å². The summed E-state index contributed by atoms with van der Waals surface area (Å²) in [5.74, 6) is -0.0875. The van der Waals surface area contributed by atoms with Crippen molar-refractivity contribution < 1.29 is 15.0 Å². The first-order valence-corrected chi connectivity index (χ1v) is 18.3. The van der Waals surface area contributed by atoms with Gasteiger partial charge in [-0.15, -0.1) is 0 Å². The van der Waals surface area contributed by atoms with Crippen LogP contribution in [0.1, 0.15) is 174 Å². The molecule has 0 saturated carbocycles. The lowest BCUT2D eigenvalue weighted by atomic mass is 10.0. The molecule has 0 spiro atoms. The molecule has 0 aliphatic heterocycles. The second-order valence-electron chi connectivity index (χ2n) is 12.3. The van der Waals surface area contributed by atoms with E-state index in [-0.39, 0.29) is 12.5 Å². The molecule has 4 heteroatoms. The van der Waals surface area contributed by atoms with Gasteiger partial charge in [0.1, 0.15) is 0 Å². The van der Waals surface area contributed by atoms with Crippen LogP contribution >= 0.6 is 0 Å². The number of rotatable bonds is 32.